The summed E-state index contributed by atoms with van der Waals surface area (Å²) in [5.41, 5.74) is 0.960. The first kappa shape index (κ1) is 16.8. The summed E-state index contributed by atoms with van der Waals surface area (Å²) >= 11 is 6.14. The average Bonchev–Trinajstić information content (AvgIpc) is 2.47. The predicted octanol–water partition coefficient (Wildman–Crippen LogP) is 5.22. The lowest BCUT2D eigenvalue weighted by Gasteiger charge is -2.37. The summed E-state index contributed by atoms with van der Waals surface area (Å²) in [7, 11) is 0. The van der Waals surface area contributed by atoms with Gasteiger partial charge in [0.15, 0.2) is 0 Å². The second-order valence-corrected chi connectivity index (χ2v) is 6.69. The van der Waals surface area contributed by atoms with E-state index in [-0.39, 0.29) is 5.82 Å². The Kier molecular flexibility index (Phi) is 6.50. The molecule has 3 heteroatoms. The molecular formula is C18H27ClFN. The van der Waals surface area contributed by atoms with Gasteiger partial charge in [-0.1, -0.05) is 50.4 Å². The molecule has 3 atom stereocenters. The standard InChI is InChI=1S/C18H27ClFN/c1-3-6-13-9-10-17(21-4-2)15(11-13)12-14-7-5-8-16(20)18(14)19/h5,7-8,13,15,17,21H,3-4,6,9-12H2,1-2H3. The number of hydrogen-bond acceptors (Lipinski definition) is 1. The molecule has 1 nitrogen and oxygen atoms in total. The Morgan fingerprint density at radius 2 is 2.10 bits per heavy atom. The average molecular weight is 312 g/mol. The first-order valence-corrected chi connectivity index (χ1v) is 8.69. The molecule has 0 heterocycles. The molecule has 118 valence electrons. The van der Waals surface area contributed by atoms with Crippen LogP contribution in [-0.2, 0) is 6.42 Å². The van der Waals surface area contributed by atoms with Crippen LogP contribution in [-0.4, -0.2) is 12.6 Å². The van der Waals surface area contributed by atoms with Crippen molar-refractivity contribution in [3.05, 3.63) is 34.6 Å². The maximum Gasteiger partial charge on any atom is 0.142 e. The van der Waals surface area contributed by atoms with Gasteiger partial charge in [0.1, 0.15) is 5.82 Å². The topological polar surface area (TPSA) is 12.0 Å². The summed E-state index contributed by atoms with van der Waals surface area (Å²) in [4.78, 5) is 0. The Balaban J connectivity index is 2.09. The van der Waals surface area contributed by atoms with Crippen LogP contribution in [0.1, 0.15) is 51.5 Å². The van der Waals surface area contributed by atoms with E-state index in [0.717, 1.165) is 24.4 Å². The molecule has 1 saturated carbocycles. The van der Waals surface area contributed by atoms with Crippen molar-refractivity contribution in [2.75, 3.05) is 6.54 Å². The number of hydrogen-bond donors (Lipinski definition) is 1. The zero-order valence-corrected chi connectivity index (χ0v) is 13.9. The normalized spacial score (nSPS) is 26.0. The second-order valence-electron chi connectivity index (χ2n) is 6.31. The SMILES string of the molecule is CCCC1CCC(NCC)C(Cc2cccc(F)c2Cl)C1. The minimum atomic E-state index is -0.296. The lowest BCUT2D eigenvalue weighted by molar-refractivity contribution is 0.195. The maximum absolute atomic E-state index is 13.6. The third-order valence-electron chi connectivity index (χ3n) is 4.77. The zero-order valence-electron chi connectivity index (χ0n) is 13.2. The molecule has 1 fully saturated rings. The molecule has 2 rings (SSSR count). The van der Waals surface area contributed by atoms with Crippen LogP contribution in [0.3, 0.4) is 0 Å². The maximum atomic E-state index is 13.6. The van der Waals surface area contributed by atoms with Crippen molar-refractivity contribution in [3.63, 3.8) is 0 Å². The van der Waals surface area contributed by atoms with Crippen molar-refractivity contribution in [3.8, 4) is 0 Å². The van der Waals surface area contributed by atoms with Gasteiger partial charge in [-0.2, -0.15) is 0 Å². The molecule has 3 unspecified atom stereocenters. The molecule has 0 radical (unpaired) electrons. The smallest absolute Gasteiger partial charge is 0.142 e. The molecule has 1 aliphatic rings. The molecule has 0 aromatic heterocycles. The van der Waals surface area contributed by atoms with Gasteiger partial charge in [-0.05, 0) is 55.7 Å². The van der Waals surface area contributed by atoms with Crippen molar-refractivity contribution in [2.24, 2.45) is 11.8 Å². The Bertz CT molecular complexity index is 449. The van der Waals surface area contributed by atoms with Crippen LogP contribution in [0.25, 0.3) is 0 Å². The van der Waals surface area contributed by atoms with Crippen LogP contribution in [0, 0.1) is 17.7 Å². The van der Waals surface area contributed by atoms with Crippen LogP contribution in [0.15, 0.2) is 18.2 Å². The second kappa shape index (κ2) is 8.14. The number of benzene rings is 1. The zero-order chi connectivity index (χ0) is 15.2. The van der Waals surface area contributed by atoms with Crippen molar-refractivity contribution in [2.45, 2.75) is 58.4 Å². The van der Waals surface area contributed by atoms with E-state index in [0.29, 0.717) is 17.0 Å². The van der Waals surface area contributed by atoms with Gasteiger partial charge < -0.3 is 5.32 Å². The van der Waals surface area contributed by atoms with Crippen LogP contribution in [0.5, 0.6) is 0 Å². The third kappa shape index (κ3) is 4.43. The lowest BCUT2D eigenvalue weighted by Crippen LogP contribution is -2.41. The van der Waals surface area contributed by atoms with E-state index >= 15 is 0 Å². The Morgan fingerprint density at radius 3 is 2.81 bits per heavy atom. The highest BCUT2D eigenvalue weighted by atomic mass is 35.5. The summed E-state index contributed by atoms with van der Waals surface area (Å²) in [6.45, 7) is 5.41. The van der Waals surface area contributed by atoms with Crippen LogP contribution in [0.2, 0.25) is 5.02 Å². The first-order valence-electron chi connectivity index (χ1n) is 8.31. The molecule has 1 aromatic carbocycles. The third-order valence-corrected chi connectivity index (χ3v) is 5.19. The van der Waals surface area contributed by atoms with Crippen molar-refractivity contribution in [1.29, 1.82) is 0 Å². The minimum absolute atomic E-state index is 0.296. The monoisotopic (exact) mass is 311 g/mol. The number of rotatable bonds is 6. The van der Waals surface area contributed by atoms with Gasteiger partial charge in [-0.3, -0.25) is 0 Å². The first-order chi connectivity index (χ1) is 10.2. The van der Waals surface area contributed by atoms with Gasteiger partial charge in [0, 0.05) is 6.04 Å². The van der Waals surface area contributed by atoms with Gasteiger partial charge in [0.2, 0.25) is 0 Å². The fourth-order valence-corrected chi connectivity index (χ4v) is 3.98. The van der Waals surface area contributed by atoms with E-state index in [1.807, 2.05) is 6.07 Å². The predicted molar refractivity (Wildman–Crippen MR) is 88.3 cm³/mol. The fourth-order valence-electron chi connectivity index (χ4n) is 3.78. The van der Waals surface area contributed by atoms with Crippen molar-refractivity contribution in [1.82, 2.24) is 5.32 Å². The van der Waals surface area contributed by atoms with Crippen LogP contribution >= 0.6 is 11.6 Å². The van der Waals surface area contributed by atoms with E-state index in [4.69, 9.17) is 11.6 Å². The van der Waals surface area contributed by atoms with Crippen LogP contribution in [0.4, 0.5) is 4.39 Å². The summed E-state index contributed by atoms with van der Waals surface area (Å²) in [6.07, 6.45) is 7.23. The molecule has 0 spiro atoms. The molecule has 0 saturated heterocycles. The summed E-state index contributed by atoms with van der Waals surface area (Å²) in [5.74, 6) is 1.09. The largest absolute Gasteiger partial charge is 0.314 e. The molecule has 21 heavy (non-hydrogen) atoms. The van der Waals surface area contributed by atoms with E-state index < -0.39 is 0 Å². The quantitative estimate of drug-likeness (QED) is 0.760. The van der Waals surface area contributed by atoms with E-state index in [9.17, 15) is 4.39 Å². The Labute approximate surface area is 133 Å². The van der Waals surface area contributed by atoms with E-state index in [2.05, 4.69) is 19.2 Å². The van der Waals surface area contributed by atoms with Crippen molar-refractivity contribution >= 4 is 11.6 Å². The molecule has 1 aliphatic carbocycles. The molecule has 0 amide bonds. The van der Waals surface area contributed by atoms with E-state index in [1.54, 1.807) is 6.07 Å². The van der Waals surface area contributed by atoms with Gasteiger partial charge in [-0.15, -0.1) is 0 Å². The summed E-state index contributed by atoms with van der Waals surface area (Å²) in [6, 6.07) is 5.72. The van der Waals surface area contributed by atoms with Gasteiger partial charge in [-0.25, -0.2) is 4.39 Å². The van der Waals surface area contributed by atoms with Gasteiger partial charge in [0.05, 0.1) is 5.02 Å². The summed E-state index contributed by atoms with van der Waals surface area (Å²) in [5, 5.41) is 3.93. The highest BCUT2D eigenvalue weighted by Gasteiger charge is 2.30. The van der Waals surface area contributed by atoms with Crippen molar-refractivity contribution < 1.29 is 4.39 Å². The van der Waals surface area contributed by atoms with Gasteiger partial charge >= 0.3 is 0 Å². The molecular weight excluding hydrogens is 285 g/mol. The Morgan fingerprint density at radius 1 is 1.29 bits per heavy atom. The van der Waals surface area contributed by atoms with Crippen LogP contribution < -0.4 is 5.32 Å². The minimum Gasteiger partial charge on any atom is -0.314 e. The highest BCUT2D eigenvalue weighted by Crippen LogP contribution is 2.35. The number of nitrogens with one attached hydrogen (secondary N) is 1. The molecule has 0 bridgehead atoms. The molecule has 0 aliphatic heterocycles. The van der Waals surface area contributed by atoms with Gasteiger partial charge in [0.25, 0.3) is 0 Å². The summed E-state index contributed by atoms with van der Waals surface area (Å²) < 4.78 is 13.6. The highest BCUT2D eigenvalue weighted by molar-refractivity contribution is 6.31. The molecule has 1 aromatic rings. The fraction of sp³-hybridized carbons (Fsp3) is 0.667. The Hall–Kier alpha value is -0.600. The lowest BCUT2D eigenvalue weighted by atomic mass is 9.74. The number of halogens is 2. The molecule has 1 N–H and O–H groups in total. The van der Waals surface area contributed by atoms with E-state index in [1.165, 1.54) is 38.2 Å².